The van der Waals surface area contributed by atoms with E-state index >= 15 is 0 Å². The topological polar surface area (TPSA) is 50.2 Å². The average molecular weight is 288 g/mol. The molecule has 114 valence electrons. The Morgan fingerprint density at radius 1 is 1.29 bits per heavy atom. The summed E-state index contributed by atoms with van der Waals surface area (Å²) in [6.45, 7) is 3.00. The number of hydrogen-bond donors (Lipinski definition) is 1. The summed E-state index contributed by atoms with van der Waals surface area (Å²) in [4.78, 5) is 19.4. The standard InChI is InChI=1S/C16H24N4O/c1-2-19(14-9-11-3-4-12(10-14)18-11)15-16(21)20(8-7-17-15)13-5-6-13/h7-8,11-14,18H,2-6,9-10H2,1H3. The predicted molar refractivity (Wildman–Crippen MR) is 82.8 cm³/mol. The first-order chi connectivity index (χ1) is 10.3. The van der Waals surface area contributed by atoms with Crippen molar-refractivity contribution in [3.05, 3.63) is 22.7 Å². The Balaban J connectivity index is 1.63. The molecule has 0 amide bonds. The van der Waals surface area contributed by atoms with Gasteiger partial charge in [0.2, 0.25) is 0 Å². The first-order valence-corrected chi connectivity index (χ1v) is 8.36. The van der Waals surface area contributed by atoms with Gasteiger partial charge in [-0.1, -0.05) is 0 Å². The fraction of sp³-hybridized carbons (Fsp3) is 0.750. The van der Waals surface area contributed by atoms with Crippen molar-refractivity contribution in [2.75, 3.05) is 11.4 Å². The highest BCUT2D eigenvalue weighted by atomic mass is 16.1. The van der Waals surface area contributed by atoms with Crippen LogP contribution in [0.2, 0.25) is 0 Å². The summed E-state index contributed by atoms with van der Waals surface area (Å²) in [5.74, 6) is 0.665. The summed E-state index contributed by atoms with van der Waals surface area (Å²) in [5.41, 5.74) is 0.104. The van der Waals surface area contributed by atoms with Crippen LogP contribution in [0.25, 0.3) is 0 Å². The molecule has 2 unspecified atom stereocenters. The molecule has 0 radical (unpaired) electrons. The van der Waals surface area contributed by atoms with E-state index in [2.05, 4.69) is 22.1 Å². The van der Waals surface area contributed by atoms with Crippen LogP contribution >= 0.6 is 0 Å². The minimum atomic E-state index is 0.104. The maximum absolute atomic E-state index is 12.7. The predicted octanol–water partition coefficient (Wildman–Crippen LogP) is 1.69. The van der Waals surface area contributed by atoms with Crippen LogP contribution in [0.5, 0.6) is 0 Å². The minimum Gasteiger partial charge on any atom is -0.349 e. The van der Waals surface area contributed by atoms with Crippen molar-refractivity contribution in [2.45, 2.75) is 69.6 Å². The van der Waals surface area contributed by atoms with Crippen LogP contribution in [-0.2, 0) is 0 Å². The molecule has 4 rings (SSSR count). The van der Waals surface area contributed by atoms with Crippen LogP contribution < -0.4 is 15.8 Å². The average Bonchev–Trinajstić information content (AvgIpc) is 3.27. The molecule has 1 saturated carbocycles. The highest BCUT2D eigenvalue weighted by molar-refractivity contribution is 5.38. The molecular formula is C16H24N4O. The van der Waals surface area contributed by atoms with Crippen molar-refractivity contribution in [2.24, 2.45) is 0 Å². The van der Waals surface area contributed by atoms with Crippen LogP contribution in [0.3, 0.4) is 0 Å². The smallest absolute Gasteiger partial charge is 0.293 e. The Hall–Kier alpha value is -1.36. The number of aromatic nitrogens is 2. The summed E-state index contributed by atoms with van der Waals surface area (Å²) < 4.78 is 1.89. The zero-order valence-corrected chi connectivity index (χ0v) is 12.7. The van der Waals surface area contributed by atoms with E-state index in [0.29, 0.717) is 30.0 Å². The van der Waals surface area contributed by atoms with Gasteiger partial charge in [-0.2, -0.15) is 0 Å². The first kappa shape index (κ1) is 13.3. The fourth-order valence-electron chi connectivity index (χ4n) is 4.11. The normalized spacial score (nSPS) is 31.4. The molecular weight excluding hydrogens is 264 g/mol. The minimum absolute atomic E-state index is 0.104. The van der Waals surface area contributed by atoms with Gasteiger partial charge in [0.05, 0.1) is 0 Å². The number of fused-ring (bicyclic) bond motifs is 2. The Kier molecular flexibility index (Phi) is 3.25. The molecule has 5 nitrogen and oxygen atoms in total. The molecule has 1 aliphatic carbocycles. The molecule has 0 aromatic carbocycles. The Morgan fingerprint density at radius 3 is 2.62 bits per heavy atom. The van der Waals surface area contributed by atoms with Crippen LogP contribution in [0.15, 0.2) is 17.2 Å². The number of rotatable bonds is 4. The maximum Gasteiger partial charge on any atom is 0.293 e. The van der Waals surface area contributed by atoms with Crippen molar-refractivity contribution in [3.8, 4) is 0 Å². The van der Waals surface area contributed by atoms with Crippen molar-refractivity contribution >= 4 is 5.82 Å². The van der Waals surface area contributed by atoms with Gasteiger partial charge >= 0.3 is 0 Å². The maximum atomic E-state index is 12.7. The molecule has 0 spiro atoms. The molecule has 3 fully saturated rings. The molecule has 21 heavy (non-hydrogen) atoms. The summed E-state index contributed by atoms with van der Waals surface area (Å²) >= 11 is 0. The third-order valence-corrected chi connectivity index (χ3v) is 5.29. The van der Waals surface area contributed by atoms with Gasteiger partial charge in [0, 0.05) is 43.1 Å². The van der Waals surface area contributed by atoms with Crippen LogP contribution in [0.4, 0.5) is 5.82 Å². The molecule has 2 bridgehead atoms. The highest BCUT2D eigenvalue weighted by Crippen LogP contribution is 2.34. The Morgan fingerprint density at radius 2 is 2.00 bits per heavy atom. The number of nitrogens with zero attached hydrogens (tertiary/aromatic N) is 3. The van der Waals surface area contributed by atoms with Gasteiger partial charge in [-0.3, -0.25) is 4.79 Å². The number of nitrogens with one attached hydrogen (secondary N) is 1. The Bertz CT molecular complexity index is 568. The van der Waals surface area contributed by atoms with Crippen molar-refractivity contribution in [1.29, 1.82) is 0 Å². The van der Waals surface area contributed by atoms with Gasteiger partial charge in [-0.05, 0) is 45.4 Å². The van der Waals surface area contributed by atoms with E-state index in [1.165, 1.54) is 12.8 Å². The van der Waals surface area contributed by atoms with Gasteiger partial charge in [-0.25, -0.2) is 4.98 Å². The molecule has 1 aromatic heterocycles. The van der Waals surface area contributed by atoms with Crippen LogP contribution in [-0.4, -0.2) is 34.2 Å². The lowest BCUT2D eigenvalue weighted by molar-refractivity contribution is 0.347. The van der Waals surface area contributed by atoms with Gasteiger partial charge in [-0.15, -0.1) is 0 Å². The molecule has 5 heteroatoms. The van der Waals surface area contributed by atoms with Gasteiger partial charge in [0.1, 0.15) is 0 Å². The lowest BCUT2D eigenvalue weighted by Gasteiger charge is -2.37. The second-order valence-electron chi connectivity index (χ2n) is 6.74. The molecule has 3 heterocycles. The van der Waals surface area contributed by atoms with E-state index in [1.807, 2.05) is 10.8 Å². The quantitative estimate of drug-likeness (QED) is 0.916. The molecule has 3 aliphatic rings. The molecule has 1 aromatic rings. The van der Waals surface area contributed by atoms with Gasteiger partial charge in [0.15, 0.2) is 5.82 Å². The Labute approximate surface area is 125 Å². The van der Waals surface area contributed by atoms with Gasteiger partial charge < -0.3 is 14.8 Å². The van der Waals surface area contributed by atoms with E-state index in [4.69, 9.17) is 0 Å². The lowest BCUT2D eigenvalue weighted by atomic mass is 9.98. The second kappa shape index (κ2) is 5.13. The summed E-state index contributed by atoms with van der Waals surface area (Å²) in [7, 11) is 0. The zero-order valence-electron chi connectivity index (χ0n) is 12.7. The van der Waals surface area contributed by atoms with Crippen LogP contribution in [0.1, 0.15) is 51.5 Å². The largest absolute Gasteiger partial charge is 0.349 e. The third-order valence-electron chi connectivity index (χ3n) is 5.29. The van der Waals surface area contributed by atoms with E-state index in [9.17, 15) is 4.79 Å². The summed E-state index contributed by atoms with van der Waals surface area (Å²) in [6, 6.07) is 2.15. The molecule has 2 aliphatic heterocycles. The van der Waals surface area contributed by atoms with E-state index in [0.717, 1.165) is 32.2 Å². The van der Waals surface area contributed by atoms with E-state index < -0.39 is 0 Å². The second-order valence-corrected chi connectivity index (χ2v) is 6.74. The van der Waals surface area contributed by atoms with Crippen molar-refractivity contribution in [1.82, 2.24) is 14.9 Å². The summed E-state index contributed by atoms with van der Waals surface area (Å²) in [5, 5.41) is 3.67. The lowest BCUT2D eigenvalue weighted by Crippen LogP contribution is -2.50. The number of piperidine rings is 1. The van der Waals surface area contributed by atoms with Crippen molar-refractivity contribution < 1.29 is 0 Å². The molecule has 2 saturated heterocycles. The number of hydrogen-bond acceptors (Lipinski definition) is 4. The zero-order chi connectivity index (χ0) is 14.4. The van der Waals surface area contributed by atoms with E-state index in [-0.39, 0.29) is 5.56 Å². The summed E-state index contributed by atoms with van der Waals surface area (Å²) in [6.07, 6.45) is 10.8. The van der Waals surface area contributed by atoms with E-state index in [1.54, 1.807) is 6.20 Å². The first-order valence-electron chi connectivity index (χ1n) is 8.36. The highest BCUT2D eigenvalue weighted by Gasteiger charge is 2.37. The molecule has 1 N–H and O–H groups in total. The van der Waals surface area contributed by atoms with Gasteiger partial charge in [0.25, 0.3) is 5.56 Å². The van der Waals surface area contributed by atoms with Crippen LogP contribution in [0, 0.1) is 0 Å². The third kappa shape index (κ3) is 2.37. The molecule has 2 atom stereocenters. The number of anilines is 1. The van der Waals surface area contributed by atoms with Crippen molar-refractivity contribution in [3.63, 3.8) is 0 Å². The SMILES string of the molecule is CCN(c1nccn(C2CC2)c1=O)C1CC2CCC(C1)N2. The monoisotopic (exact) mass is 288 g/mol. The fourth-order valence-corrected chi connectivity index (χ4v) is 4.11.